The third-order valence-electron chi connectivity index (χ3n) is 3.70. The third kappa shape index (κ3) is 4.98. The van der Waals surface area contributed by atoms with Crippen molar-refractivity contribution in [3.63, 3.8) is 0 Å². The number of nitrogens with zero attached hydrogens (tertiary/aromatic N) is 2. The minimum Gasteiger partial charge on any atom is -0.304 e. The van der Waals surface area contributed by atoms with E-state index in [1.54, 1.807) is 6.07 Å². The molecule has 1 aliphatic rings. The highest BCUT2D eigenvalue weighted by molar-refractivity contribution is 5.26. The number of hydrazine groups is 1. The SMILES string of the molecule is C[C@@H](Cc1cccc(C(F)(F)F)c1)NN1CCN(C)CC1. The first-order valence-corrected chi connectivity index (χ1v) is 7.20. The van der Waals surface area contributed by atoms with Gasteiger partial charge in [-0.1, -0.05) is 18.2 Å². The van der Waals surface area contributed by atoms with Crippen LogP contribution in [0.5, 0.6) is 0 Å². The van der Waals surface area contributed by atoms with E-state index in [9.17, 15) is 13.2 Å². The summed E-state index contributed by atoms with van der Waals surface area (Å²) >= 11 is 0. The molecule has 0 amide bonds. The summed E-state index contributed by atoms with van der Waals surface area (Å²) < 4.78 is 38.1. The van der Waals surface area contributed by atoms with Gasteiger partial charge in [0, 0.05) is 32.2 Å². The second-order valence-corrected chi connectivity index (χ2v) is 5.72. The Labute approximate surface area is 123 Å². The molecule has 0 saturated carbocycles. The Morgan fingerprint density at radius 2 is 1.86 bits per heavy atom. The fourth-order valence-electron chi connectivity index (χ4n) is 2.52. The van der Waals surface area contributed by atoms with Gasteiger partial charge in [-0.05, 0) is 32.0 Å². The molecule has 2 rings (SSSR count). The van der Waals surface area contributed by atoms with Gasteiger partial charge in [0.25, 0.3) is 0 Å². The number of benzene rings is 1. The highest BCUT2D eigenvalue weighted by Gasteiger charge is 2.30. The highest BCUT2D eigenvalue weighted by Crippen LogP contribution is 2.29. The number of nitrogens with one attached hydrogen (secondary N) is 1. The summed E-state index contributed by atoms with van der Waals surface area (Å²) in [6.45, 7) is 5.87. The minimum atomic E-state index is -4.27. The van der Waals surface area contributed by atoms with Crippen molar-refractivity contribution in [1.82, 2.24) is 15.3 Å². The van der Waals surface area contributed by atoms with Crippen LogP contribution in [0.1, 0.15) is 18.1 Å². The first-order chi connectivity index (χ1) is 9.84. The number of piperazine rings is 1. The maximum Gasteiger partial charge on any atom is 0.416 e. The molecule has 1 fully saturated rings. The number of likely N-dealkylation sites (N-methyl/N-ethyl adjacent to an activating group) is 1. The van der Waals surface area contributed by atoms with Crippen LogP contribution in [-0.4, -0.2) is 49.2 Å². The molecule has 1 atom stereocenters. The molecular weight excluding hydrogens is 279 g/mol. The average molecular weight is 301 g/mol. The number of hydrogen-bond donors (Lipinski definition) is 1. The van der Waals surface area contributed by atoms with E-state index < -0.39 is 11.7 Å². The van der Waals surface area contributed by atoms with E-state index in [2.05, 4.69) is 22.4 Å². The topological polar surface area (TPSA) is 18.5 Å². The monoisotopic (exact) mass is 301 g/mol. The van der Waals surface area contributed by atoms with Gasteiger partial charge < -0.3 is 4.90 Å². The maximum atomic E-state index is 12.7. The Morgan fingerprint density at radius 1 is 1.19 bits per heavy atom. The molecule has 1 aliphatic heterocycles. The normalized spacial score (nSPS) is 19.7. The van der Waals surface area contributed by atoms with Crippen LogP contribution < -0.4 is 5.43 Å². The van der Waals surface area contributed by atoms with Crippen molar-refractivity contribution in [3.05, 3.63) is 35.4 Å². The molecule has 0 spiro atoms. The van der Waals surface area contributed by atoms with E-state index >= 15 is 0 Å². The smallest absolute Gasteiger partial charge is 0.304 e. The first kappa shape index (κ1) is 16.3. The average Bonchev–Trinajstić information content (AvgIpc) is 2.41. The van der Waals surface area contributed by atoms with Crippen LogP contribution in [0.25, 0.3) is 0 Å². The summed E-state index contributed by atoms with van der Waals surface area (Å²) in [7, 11) is 2.09. The van der Waals surface area contributed by atoms with Crippen molar-refractivity contribution in [2.24, 2.45) is 0 Å². The molecule has 1 saturated heterocycles. The lowest BCUT2D eigenvalue weighted by Crippen LogP contribution is -2.53. The number of halogens is 3. The summed E-state index contributed by atoms with van der Waals surface area (Å²) in [6, 6.07) is 5.68. The highest BCUT2D eigenvalue weighted by atomic mass is 19.4. The van der Waals surface area contributed by atoms with Gasteiger partial charge in [0.05, 0.1) is 5.56 Å². The lowest BCUT2D eigenvalue weighted by atomic mass is 10.0. The van der Waals surface area contributed by atoms with E-state index in [1.807, 2.05) is 6.92 Å². The van der Waals surface area contributed by atoms with Crippen LogP contribution in [0.15, 0.2) is 24.3 Å². The van der Waals surface area contributed by atoms with Gasteiger partial charge in [0.2, 0.25) is 0 Å². The quantitative estimate of drug-likeness (QED) is 0.921. The molecule has 1 aromatic rings. The molecule has 3 nitrogen and oxygen atoms in total. The van der Waals surface area contributed by atoms with Crippen LogP contribution in [0, 0.1) is 0 Å². The summed E-state index contributed by atoms with van der Waals surface area (Å²) in [5.41, 5.74) is 3.50. The van der Waals surface area contributed by atoms with Crippen LogP contribution in [0.4, 0.5) is 13.2 Å². The Kier molecular flexibility index (Phi) is 5.24. The summed E-state index contributed by atoms with van der Waals surface area (Å²) in [6.07, 6.45) is -3.69. The second-order valence-electron chi connectivity index (χ2n) is 5.72. The van der Waals surface area contributed by atoms with Crippen LogP contribution in [0.3, 0.4) is 0 Å². The molecule has 0 unspecified atom stereocenters. The Hall–Kier alpha value is -1.11. The molecule has 0 bridgehead atoms. The van der Waals surface area contributed by atoms with Crippen molar-refractivity contribution in [2.75, 3.05) is 33.2 Å². The fourth-order valence-corrected chi connectivity index (χ4v) is 2.52. The Balaban J connectivity index is 1.89. The largest absolute Gasteiger partial charge is 0.416 e. The van der Waals surface area contributed by atoms with E-state index in [0.717, 1.165) is 32.2 Å². The molecule has 1 N–H and O–H groups in total. The summed E-state index contributed by atoms with van der Waals surface area (Å²) in [5, 5.41) is 2.15. The van der Waals surface area contributed by atoms with Gasteiger partial charge in [-0.3, -0.25) is 5.43 Å². The van der Waals surface area contributed by atoms with E-state index in [4.69, 9.17) is 0 Å². The van der Waals surface area contributed by atoms with E-state index in [1.165, 1.54) is 12.1 Å². The zero-order chi connectivity index (χ0) is 15.5. The molecule has 6 heteroatoms. The predicted octanol–water partition coefficient (Wildman–Crippen LogP) is 2.39. The first-order valence-electron chi connectivity index (χ1n) is 7.20. The van der Waals surface area contributed by atoms with Crippen molar-refractivity contribution in [2.45, 2.75) is 25.6 Å². The molecular formula is C15H22F3N3. The lowest BCUT2D eigenvalue weighted by molar-refractivity contribution is -0.137. The van der Waals surface area contributed by atoms with Crippen molar-refractivity contribution in [3.8, 4) is 0 Å². The lowest BCUT2D eigenvalue weighted by Gasteiger charge is -2.34. The van der Waals surface area contributed by atoms with Crippen molar-refractivity contribution >= 4 is 0 Å². The minimum absolute atomic E-state index is 0.108. The standard InChI is InChI=1S/C15H22F3N3/c1-12(19-21-8-6-20(2)7-9-21)10-13-4-3-5-14(11-13)15(16,17)18/h3-5,11-12,19H,6-10H2,1-2H3/t12-/m0/s1. The van der Waals surface area contributed by atoms with Gasteiger partial charge in [0.15, 0.2) is 0 Å². The van der Waals surface area contributed by atoms with Gasteiger partial charge in [-0.15, -0.1) is 0 Å². The van der Waals surface area contributed by atoms with Gasteiger partial charge in [0.1, 0.15) is 0 Å². The second kappa shape index (κ2) is 6.77. The predicted molar refractivity (Wildman–Crippen MR) is 76.8 cm³/mol. The van der Waals surface area contributed by atoms with E-state index in [-0.39, 0.29) is 6.04 Å². The Morgan fingerprint density at radius 3 is 2.48 bits per heavy atom. The van der Waals surface area contributed by atoms with Gasteiger partial charge >= 0.3 is 6.18 Å². The number of hydrogen-bond acceptors (Lipinski definition) is 3. The third-order valence-corrected chi connectivity index (χ3v) is 3.70. The zero-order valence-corrected chi connectivity index (χ0v) is 12.5. The molecule has 0 aromatic heterocycles. The maximum absolute atomic E-state index is 12.7. The van der Waals surface area contributed by atoms with Crippen molar-refractivity contribution < 1.29 is 13.2 Å². The van der Waals surface area contributed by atoms with Gasteiger partial charge in [-0.25, -0.2) is 5.01 Å². The molecule has 0 radical (unpaired) electrons. The molecule has 1 heterocycles. The van der Waals surface area contributed by atoms with Crippen LogP contribution in [-0.2, 0) is 12.6 Å². The Bertz CT molecular complexity index is 454. The van der Waals surface area contributed by atoms with Crippen molar-refractivity contribution in [1.29, 1.82) is 0 Å². The van der Waals surface area contributed by atoms with Crippen LogP contribution >= 0.6 is 0 Å². The number of rotatable bonds is 4. The zero-order valence-electron chi connectivity index (χ0n) is 12.5. The summed E-state index contributed by atoms with van der Waals surface area (Å²) in [5.74, 6) is 0. The molecule has 118 valence electrons. The summed E-state index contributed by atoms with van der Waals surface area (Å²) in [4.78, 5) is 2.26. The molecule has 0 aliphatic carbocycles. The molecule has 21 heavy (non-hydrogen) atoms. The van der Waals surface area contributed by atoms with E-state index in [0.29, 0.717) is 12.0 Å². The van der Waals surface area contributed by atoms with Crippen LogP contribution in [0.2, 0.25) is 0 Å². The number of alkyl halides is 3. The fraction of sp³-hybridized carbons (Fsp3) is 0.600. The van der Waals surface area contributed by atoms with Gasteiger partial charge in [-0.2, -0.15) is 13.2 Å². The molecule has 1 aromatic carbocycles.